The lowest BCUT2D eigenvalue weighted by Gasteiger charge is -2.16. The highest BCUT2D eigenvalue weighted by Gasteiger charge is 2.15. The summed E-state index contributed by atoms with van der Waals surface area (Å²) in [6.07, 6.45) is -2.55. The van der Waals surface area contributed by atoms with Gasteiger partial charge in [0.05, 0.1) is 5.69 Å². The Bertz CT molecular complexity index is 704. The van der Waals surface area contributed by atoms with Gasteiger partial charge in [-0.1, -0.05) is 11.2 Å². The Labute approximate surface area is 138 Å². The van der Waals surface area contributed by atoms with Crippen molar-refractivity contribution < 1.29 is 22.8 Å². The first kappa shape index (κ1) is 17.7. The van der Waals surface area contributed by atoms with Crippen molar-refractivity contribution in [2.24, 2.45) is 0 Å². The summed E-state index contributed by atoms with van der Waals surface area (Å²) in [6, 6.07) is 6.08. The number of aromatic nitrogens is 1. The van der Waals surface area contributed by atoms with Gasteiger partial charge in [0.15, 0.2) is 0 Å². The summed E-state index contributed by atoms with van der Waals surface area (Å²) in [7, 11) is 0. The Morgan fingerprint density at radius 1 is 1.33 bits per heavy atom. The molecule has 0 fully saturated rings. The molecule has 0 saturated heterocycles. The molecule has 2 N–H and O–H groups in total. The monoisotopic (exact) mass is 339 g/mol. The maximum Gasteiger partial charge on any atom is 0.272 e. The Balaban J connectivity index is 1.98. The number of ether oxygens (including phenoxy) is 1. The fourth-order valence-electron chi connectivity index (χ4n) is 1.97. The Morgan fingerprint density at radius 2 is 2.08 bits per heavy atom. The number of nitrogens with zero attached hydrogens (tertiary/aromatic N) is 1. The van der Waals surface area contributed by atoms with E-state index in [1.165, 1.54) is 0 Å². The number of carbonyl (C=O) groups excluding carboxylic acids is 1. The van der Waals surface area contributed by atoms with E-state index in [4.69, 9.17) is 9.26 Å². The molecule has 0 aliphatic carbocycles. The molecular formula is C16H19F2N3O3. The minimum atomic E-state index is -2.55. The minimum Gasteiger partial charge on any atom is -0.487 e. The van der Waals surface area contributed by atoms with Gasteiger partial charge in [-0.3, -0.25) is 10.1 Å². The summed E-state index contributed by atoms with van der Waals surface area (Å²) < 4.78 is 34.5. The molecule has 1 atom stereocenters. The predicted octanol–water partition coefficient (Wildman–Crippen LogP) is 3.37. The van der Waals surface area contributed by atoms with Gasteiger partial charge < -0.3 is 14.6 Å². The van der Waals surface area contributed by atoms with Gasteiger partial charge in [0.25, 0.3) is 6.43 Å². The first-order valence-corrected chi connectivity index (χ1v) is 7.37. The molecule has 0 aliphatic rings. The second-order valence-electron chi connectivity index (χ2n) is 5.37. The van der Waals surface area contributed by atoms with Crippen molar-refractivity contribution >= 4 is 17.5 Å². The standard InChI is InChI=1S/C16H19F2N3O3/c1-9-4-5-12(7-13(9)23-8-14(17)18)19-11(3)16(22)20-15-6-10(2)21-24-15/h4-7,11,14,19H,8H2,1-3H3,(H,20,22)/t11-/m1/s1. The molecule has 8 heteroatoms. The van der Waals surface area contributed by atoms with E-state index in [0.29, 0.717) is 17.1 Å². The molecule has 1 heterocycles. The van der Waals surface area contributed by atoms with Crippen molar-refractivity contribution in [2.75, 3.05) is 17.2 Å². The predicted molar refractivity (Wildman–Crippen MR) is 85.6 cm³/mol. The van der Waals surface area contributed by atoms with Gasteiger partial charge in [-0.2, -0.15) is 0 Å². The maximum atomic E-state index is 12.3. The van der Waals surface area contributed by atoms with E-state index in [1.54, 1.807) is 45.0 Å². The zero-order valence-electron chi connectivity index (χ0n) is 13.6. The maximum absolute atomic E-state index is 12.3. The largest absolute Gasteiger partial charge is 0.487 e. The quantitative estimate of drug-likeness (QED) is 0.809. The van der Waals surface area contributed by atoms with Crippen LogP contribution in [0.5, 0.6) is 5.75 Å². The van der Waals surface area contributed by atoms with Crippen molar-refractivity contribution in [3.63, 3.8) is 0 Å². The number of amides is 1. The van der Waals surface area contributed by atoms with Crippen molar-refractivity contribution in [2.45, 2.75) is 33.2 Å². The Morgan fingerprint density at radius 3 is 2.71 bits per heavy atom. The van der Waals surface area contributed by atoms with Gasteiger partial charge in [0, 0.05) is 17.8 Å². The first-order valence-electron chi connectivity index (χ1n) is 7.37. The lowest BCUT2D eigenvalue weighted by molar-refractivity contribution is -0.116. The van der Waals surface area contributed by atoms with Crippen LogP contribution in [0.4, 0.5) is 20.4 Å². The highest BCUT2D eigenvalue weighted by molar-refractivity contribution is 5.95. The molecule has 6 nitrogen and oxygen atoms in total. The Hall–Kier alpha value is -2.64. The van der Waals surface area contributed by atoms with Gasteiger partial charge in [-0.15, -0.1) is 0 Å². The molecule has 0 spiro atoms. The summed E-state index contributed by atoms with van der Waals surface area (Å²) in [5.41, 5.74) is 1.97. The molecule has 1 aromatic heterocycles. The first-order chi connectivity index (χ1) is 11.3. The van der Waals surface area contributed by atoms with Crippen molar-refractivity contribution in [3.8, 4) is 5.75 Å². The number of hydrogen-bond donors (Lipinski definition) is 2. The number of aryl methyl sites for hydroxylation is 2. The number of rotatable bonds is 7. The molecule has 0 radical (unpaired) electrons. The number of halogens is 2. The van der Waals surface area contributed by atoms with Crippen molar-refractivity contribution in [1.29, 1.82) is 0 Å². The second kappa shape index (κ2) is 7.76. The highest BCUT2D eigenvalue weighted by atomic mass is 19.3. The van der Waals surface area contributed by atoms with Crippen LogP contribution >= 0.6 is 0 Å². The van der Waals surface area contributed by atoms with E-state index in [0.717, 1.165) is 5.56 Å². The zero-order valence-corrected chi connectivity index (χ0v) is 13.6. The van der Waals surface area contributed by atoms with E-state index in [9.17, 15) is 13.6 Å². The van der Waals surface area contributed by atoms with Gasteiger partial charge in [0.1, 0.15) is 18.4 Å². The van der Waals surface area contributed by atoms with Gasteiger partial charge in [-0.25, -0.2) is 8.78 Å². The summed E-state index contributed by atoms with van der Waals surface area (Å²) in [4.78, 5) is 12.1. The van der Waals surface area contributed by atoms with E-state index < -0.39 is 19.1 Å². The van der Waals surface area contributed by atoms with Crippen LogP contribution in [0.1, 0.15) is 18.2 Å². The van der Waals surface area contributed by atoms with Crippen LogP contribution in [0.25, 0.3) is 0 Å². The van der Waals surface area contributed by atoms with E-state index >= 15 is 0 Å². The lowest BCUT2D eigenvalue weighted by atomic mass is 10.2. The summed E-state index contributed by atoms with van der Waals surface area (Å²) >= 11 is 0. The van der Waals surface area contributed by atoms with Crippen LogP contribution in [-0.4, -0.2) is 30.1 Å². The van der Waals surface area contributed by atoms with Crippen molar-refractivity contribution in [1.82, 2.24) is 5.16 Å². The molecule has 0 saturated carbocycles. The molecule has 2 aromatic rings. The molecule has 0 aliphatic heterocycles. The van der Waals surface area contributed by atoms with Crippen LogP contribution in [0.2, 0.25) is 0 Å². The van der Waals surface area contributed by atoms with Crippen LogP contribution in [0.15, 0.2) is 28.8 Å². The minimum absolute atomic E-state index is 0.260. The SMILES string of the molecule is Cc1cc(NC(=O)[C@@H](C)Nc2ccc(C)c(OCC(F)F)c2)on1. The molecule has 0 bridgehead atoms. The fraction of sp³-hybridized carbons (Fsp3) is 0.375. The van der Waals surface area contributed by atoms with Crippen LogP contribution in [0.3, 0.4) is 0 Å². The van der Waals surface area contributed by atoms with Crippen molar-refractivity contribution in [3.05, 3.63) is 35.5 Å². The second-order valence-corrected chi connectivity index (χ2v) is 5.37. The van der Waals surface area contributed by atoms with E-state index in [-0.39, 0.29) is 11.8 Å². The average Bonchev–Trinajstić information content (AvgIpc) is 2.92. The molecule has 1 amide bonds. The topological polar surface area (TPSA) is 76.4 Å². The molecule has 130 valence electrons. The molecule has 24 heavy (non-hydrogen) atoms. The zero-order chi connectivity index (χ0) is 17.7. The lowest BCUT2D eigenvalue weighted by Crippen LogP contribution is -2.31. The summed E-state index contributed by atoms with van der Waals surface area (Å²) in [5, 5.41) is 9.25. The molecular weight excluding hydrogens is 320 g/mol. The van der Waals surface area contributed by atoms with E-state index in [2.05, 4.69) is 15.8 Å². The van der Waals surface area contributed by atoms with Gasteiger partial charge in [-0.05, 0) is 32.4 Å². The van der Waals surface area contributed by atoms with Gasteiger partial charge in [0.2, 0.25) is 11.8 Å². The van der Waals surface area contributed by atoms with Crippen LogP contribution in [0, 0.1) is 13.8 Å². The Kier molecular flexibility index (Phi) is 5.73. The van der Waals surface area contributed by atoms with E-state index in [1.807, 2.05) is 0 Å². The number of anilines is 2. The third-order valence-electron chi connectivity index (χ3n) is 3.20. The number of nitrogens with one attached hydrogen (secondary N) is 2. The number of alkyl halides is 2. The highest BCUT2D eigenvalue weighted by Crippen LogP contribution is 2.23. The third-order valence-corrected chi connectivity index (χ3v) is 3.20. The van der Waals surface area contributed by atoms with Gasteiger partial charge >= 0.3 is 0 Å². The molecule has 1 aromatic carbocycles. The number of benzene rings is 1. The molecule has 0 unspecified atom stereocenters. The number of carbonyl (C=O) groups is 1. The number of hydrogen-bond acceptors (Lipinski definition) is 5. The van der Waals surface area contributed by atoms with Crippen LogP contribution < -0.4 is 15.4 Å². The fourth-order valence-corrected chi connectivity index (χ4v) is 1.97. The smallest absolute Gasteiger partial charge is 0.272 e. The van der Waals surface area contributed by atoms with Crippen LogP contribution in [-0.2, 0) is 4.79 Å². The average molecular weight is 339 g/mol. The molecule has 2 rings (SSSR count). The summed E-state index contributed by atoms with van der Waals surface area (Å²) in [5.74, 6) is 0.288. The summed E-state index contributed by atoms with van der Waals surface area (Å²) in [6.45, 7) is 4.49. The third kappa shape index (κ3) is 4.94. The normalized spacial score (nSPS) is 12.1.